The van der Waals surface area contributed by atoms with E-state index in [-0.39, 0.29) is 0 Å². The van der Waals surface area contributed by atoms with Crippen molar-refractivity contribution in [3.05, 3.63) is 164 Å². The Labute approximate surface area is 312 Å². The van der Waals surface area contributed by atoms with Gasteiger partial charge in [0.2, 0.25) is 0 Å². The van der Waals surface area contributed by atoms with Crippen molar-refractivity contribution in [1.82, 2.24) is 15.0 Å². The summed E-state index contributed by atoms with van der Waals surface area (Å²) in [6.45, 7) is 0. The molecule has 0 bridgehead atoms. The minimum atomic E-state index is 0.567. The van der Waals surface area contributed by atoms with Crippen LogP contribution in [0.3, 0.4) is 0 Å². The van der Waals surface area contributed by atoms with Crippen LogP contribution >= 0.6 is 0 Å². The molecule has 6 heteroatoms. The highest BCUT2D eigenvalue weighted by Crippen LogP contribution is 2.40. The highest BCUT2D eigenvalue weighted by Gasteiger charge is 2.20. The summed E-state index contributed by atoms with van der Waals surface area (Å²) in [5.41, 5.74) is 9.84. The van der Waals surface area contributed by atoms with Gasteiger partial charge in [0, 0.05) is 49.0 Å². The Morgan fingerprint density at radius 1 is 0.291 bits per heavy atom. The van der Waals surface area contributed by atoms with Gasteiger partial charge >= 0.3 is 0 Å². The normalized spacial score (nSPS) is 12.0. The van der Waals surface area contributed by atoms with Crippen molar-refractivity contribution >= 4 is 76.6 Å². The van der Waals surface area contributed by atoms with Crippen molar-refractivity contribution in [2.75, 3.05) is 0 Å². The molecule has 4 aromatic heterocycles. The lowest BCUT2D eigenvalue weighted by Gasteiger charge is -2.11. The molecule has 0 aliphatic carbocycles. The molecule has 0 radical (unpaired) electrons. The second kappa shape index (κ2) is 11.5. The standard InChI is InChI=1S/C49H27N3O3/c1-4-14-39-33(9-1)38-26-31-24-23-30(25-32(31)27-44(38)55-39)28-19-21-29(22-20-28)47-50-48(36-12-7-17-42-45(36)34-10-2-5-15-40(34)53-42)52-49(51-47)37-13-8-18-43-46(37)35-11-3-6-16-41(35)54-43/h1-27H. The third kappa shape index (κ3) is 4.65. The molecule has 0 aliphatic heterocycles. The average Bonchev–Trinajstić information content (AvgIpc) is 3.93. The molecule has 12 rings (SSSR count). The zero-order valence-corrected chi connectivity index (χ0v) is 29.2. The first-order valence-corrected chi connectivity index (χ1v) is 18.3. The minimum Gasteiger partial charge on any atom is -0.456 e. The Hall–Kier alpha value is -7.57. The van der Waals surface area contributed by atoms with Crippen LogP contribution in [-0.2, 0) is 0 Å². The van der Waals surface area contributed by atoms with E-state index in [0.29, 0.717) is 17.5 Å². The lowest BCUT2D eigenvalue weighted by atomic mass is 9.99. The van der Waals surface area contributed by atoms with Crippen LogP contribution in [0.1, 0.15) is 0 Å². The number of aromatic nitrogens is 3. The summed E-state index contributed by atoms with van der Waals surface area (Å²) in [5.74, 6) is 1.71. The van der Waals surface area contributed by atoms with Crippen molar-refractivity contribution in [3.63, 3.8) is 0 Å². The summed E-state index contributed by atoms with van der Waals surface area (Å²) < 4.78 is 18.7. The van der Waals surface area contributed by atoms with E-state index < -0.39 is 0 Å². The molecular formula is C49H27N3O3. The van der Waals surface area contributed by atoms with Gasteiger partial charge in [0.15, 0.2) is 17.5 Å². The van der Waals surface area contributed by atoms with Gasteiger partial charge in [-0.25, -0.2) is 15.0 Å². The molecule has 0 spiro atoms. The molecule has 256 valence electrons. The lowest BCUT2D eigenvalue weighted by molar-refractivity contribution is 0.668. The first-order valence-electron chi connectivity index (χ1n) is 18.3. The minimum absolute atomic E-state index is 0.567. The Morgan fingerprint density at radius 2 is 0.782 bits per heavy atom. The van der Waals surface area contributed by atoms with E-state index in [1.807, 2.05) is 72.8 Å². The maximum absolute atomic E-state index is 6.27. The fourth-order valence-corrected chi connectivity index (χ4v) is 8.13. The van der Waals surface area contributed by atoms with Crippen molar-refractivity contribution in [1.29, 1.82) is 0 Å². The van der Waals surface area contributed by atoms with Crippen LogP contribution in [0.25, 0.3) is 122 Å². The zero-order chi connectivity index (χ0) is 36.0. The summed E-state index contributed by atoms with van der Waals surface area (Å²) in [6.07, 6.45) is 0. The van der Waals surface area contributed by atoms with Crippen LogP contribution < -0.4 is 0 Å². The highest BCUT2D eigenvalue weighted by molar-refractivity contribution is 6.14. The van der Waals surface area contributed by atoms with Gasteiger partial charge in [-0.1, -0.05) is 115 Å². The van der Waals surface area contributed by atoms with E-state index in [4.69, 9.17) is 28.2 Å². The molecule has 0 amide bonds. The van der Waals surface area contributed by atoms with Crippen molar-refractivity contribution in [3.8, 4) is 45.3 Å². The molecule has 0 saturated heterocycles. The molecule has 0 N–H and O–H groups in total. The highest BCUT2D eigenvalue weighted by atomic mass is 16.3. The van der Waals surface area contributed by atoms with Gasteiger partial charge in [0.25, 0.3) is 0 Å². The largest absolute Gasteiger partial charge is 0.456 e. The van der Waals surface area contributed by atoms with E-state index in [1.54, 1.807) is 0 Å². The lowest BCUT2D eigenvalue weighted by Crippen LogP contribution is -2.00. The number of furan rings is 3. The molecule has 6 nitrogen and oxygen atoms in total. The molecular weight excluding hydrogens is 679 g/mol. The number of benzene rings is 8. The van der Waals surface area contributed by atoms with E-state index in [0.717, 1.165) is 99.0 Å². The predicted octanol–water partition coefficient (Wildman–Crippen LogP) is 13.4. The Morgan fingerprint density at radius 3 is 1.42 bits per heavy atom. The zero-order valence-electron chi connectivity index (χ0n) is 29.2. The van der Waals surface area contributed by atoms with Crippen LogP contribution in [0, 0.1) is 0 Å². The number of hydrogen-bond acceptors (Lipinski definition) is 6. The third-order valence-corrected chi connectivity index (χ3v) is 10.7. The number of hydrogen-bond donors (Lipinski definition) is 0. The number of para-hydroxylation sites is 3. The fraction of sp³-hybridized carbons (Fsp3) is 0. The first kappa shape index (κ1) is 29.9. The van der Waals surface area contributed by atoms with Crippen LogP contribution in [0.15, 0.2) is 177 Å². The smallest absolute Gasteiger partial charge is 0.164 e. The molecule has 0 saturated carbocycles. The van der Waals surface area contributed by atoms with Gasteiger partial charge in [0.1, 0.15) is 33.5 Å². The first-order chi connectivity index (χ1) is 27.2. The second-order valence-corrected chi connectivity index (χ2v) is 13.9. The summed E-state index contributed by atoms with van der Waals surface area (Å²) in [5, 5.41) is 8.53. The van der Waals surface area contributed by atoms with E-state index in [9.17, 15) is 0 Å². The molecule has 0 atom stereocenters. The maximum atomic E-state index is 6.27. The molecule has 0 fully saturated rings. The van der Waals surface area contributed by atoms with Crippen molar-refractivity contribution in [2.45, 2.75) is 0 Å². The third-order valence-electron chi connectivity index (χ3n) is 10.7. The van der Waals surface area contributed by atoms with Gasteiger partial charge < -0.3 is 13.3 Å². The van der Waals surface area contributed by atoms with Crippen LogP contribution in [0.5, 0.6) is 0 Å². The van der Waals surface area contributed by atoms with Gasteiger partial charge in [0.05, 0.1) is 0 Å². The Balaban J connectivity index is 1.02. The quantitative estimate of drug-likeness (QED) is 0.181. The van der Waals surface area contributed by atoms with Gasteiger partial charge in [-0.3, -0.25) is 0 Å². The number of fused-ring (bicyclic) bond motifs is 10. The van der Waals surface area contributed by atoms with Gasteiger partial charge in [-0.2, -0.15) is 0 Å². The molecule has 4 heterocycles. The van der Waals surface area contributed by atoms with Crippen LogP contribution in [-0.4, -0.2) is 15.0 Å². The summed E-state index contributed by atoms with van der Waals surface area (Å²) in [4.78, 5) is 15.5. The number of nitrogens with zero attached hydrogens (tertiary/aromatic N) is 3. The summed E-state index contributed by atoms with van der Waals surface area (Å²) in [7, 11) is 0. The average molecular weight is 706 g/mol. The fourth-order valence-electron chi connectivity index (χ4n) is 8.13. The predicted molar refractivity (Wildman–Crippen MR) is 221 cm³/mol. The maximum Gasteiger partial charge on any atom is 0.164 e. The SMILES string of the molecule is c1ccc2c(c1)oc1cc3cc(-c4ccc(-c5nc(-c6cccc7oc8ccccc8c67)nc(-c6cccc7oc8ccccc8c67)n5)cc4)ccc3cc12. The monoisotopic (exact) mass is 705 g/mol. The number of rotatable bonds is 4. The molecule has 55 heavy (non-hydrogen) atoms. The molecule has 8 aromatic carbocycles. The van der Waals surface area contributed by atoms with Gasteiger partial charge in [-0.15, -0.1) is 0 Å². The van der Waals surface area contributed by atoms with Crippen LogP contribution in [0.4, 0.5) is 0 Å². The molecule has 12 aromatic rings. The summed E-state index contributed by atoms with van der Waals surface area (Å²) >= 11 is 0. The Bertz CT molecular complexity index is 3370. The van der Waals surface area contributed by atoms with Gasteiger partial charge in [-0.05, 0) is 70.4 Å². The van der Waals surface area contributed by atoms with Crippen molar-refractivity contribution < 1.29 is 13.3 Å². The van der Waals surface area contributed by atoms with E-state index >= 15 is 0 Å². The van der Waals surface area contributed by atoms with Crippen molar-refractivity contribution in [2.24, 2.45) is 0 Å². The Kier molecular flexibility index (Phi) is 6.24. The second-order valence-electron chi connectivity index (χ2n) is 13.9. The van der Waals surface area contributed by atoms with E-state index in [2.05, 4.69) is 91.0 Å². The summed E-state index contributed by atoms with van der Waals surface area (Å²) in [6, 6.07) is 55.8. The topological polar surface area (TPSA) is 78.1 Å². The van der Waals surface area contributed by atoms with E-state index in [1.165, 1.54) is 5.39 Å². The molecule has 0 aliphatic rings. The van der Waals surface area contributed by atoms with Crippen LogP contribution in [0.2, 0.25) is 0 Å². The molecule has 0 unspecified atom stereocenters.